The van der Waals surface area contributed by atoms with Crippen LogP contribution in [0.4, 0.5) is 0 Å². The van der Waals surface area contributed by atoms with Crippen LogP contribution >= 0.6 is 7.82 Å². The minimum Gasteiger partial charge on any atom is -0.457 e. The molecule has 56 heavy (non-hydrogen) atoms. The summed E-state index contributed by atoms with van der Waals surface area (Å²) in [6.45, 7) is 4.91. The predicted octanol–water partition coefficient (Wildman–Crippen LogP) is 14.2. The van der Waals surface area contributed by atoms with E-state index >= 15 is 0 Å². The number of phosphoric ester groups is 1. The highest BCUT2D eigenvalue weighted by atomic mass is 31.2. The third-order valence-electron chi connectivity index (χ3n) is 10.0. The minimum atomic E-state index is -4.28. The van der Waals surface area contributed by atoms with Crippen molar-refractivity contribution in [2.75, 3.05) is 33.0 Å². The molecule has 2 atom stereocenters. The molecule has 9 heteroatoms. The molecule has 0 saturated carbocycles. The first kappa shape index (κ1) is 54.7. The van der Waals surface area contributed by atoms with E-state index in [1.807, 2.05) is 0 Å². The van der Waals surface area contributed by atoms with E-state index in [9.17, 15) is 14.3 Å². The van der Waals surface area contributed by atoms with Crippen LogP contribution in [-0.2, 0) is 27.9 Å². The Labute approximate surface area is 346 Å². The highest BCUT2D eigenvalue weighted by Crippen LogP contribution is 2.43. The second-order valence-corrected chi connectivity index (χ2v) is 17.1. The smallest absolute Gasteiger partial charge is 0.457 e. The first-order valence-electron chi connectivity index (χ1n) is 23.5. The third kappa shape index (κ3) is 43.8. The van der Waals surface area contributed by atoms with Crippen LogP contribution in [0.3, 0.4) is 0 Å². The molecule has 0 amide bonds. The third-order valence-corrected chi connectivity index (χ3v) is 11.0. The molecule has 0 saturated heterocycles. The summed E-state index contributed by atoms with van der Waals surface area (Å²) in [5.41, 5.74) is 5.38. The lowest BCUT2D eigenvalue weighted by Gasteiger charge is -2.20. The summed E-state index contributed by atoms with van der Waals surface area (Å²) in [7, 11) is -4.28. The zero-order chi connectivity index (χ0) is 40.9. The van der Waals surface area contributed by atoms with Gasteiger partial charge in [0.2, 0.25) is 0 Å². The van der Waals surface area contributed by atoms with Gasteiger partial charge < -0.3 is 20.1 Å². The van der Waals surface area contributed by atoms with Crippen LogP contribution in [0.5, 0.6) is 0 Å². The van der Waals surface area contributed by atoms with Gasteiger partial charge in [0.05, 0.1) is 19.8 Å². The molecule has 330 valence electrons. The maximum absolute atomic E-state index is 12.6. The van der Waals surface area contributed by atoms with E-state index in [-0.39, 0.29) is 32.3 Å². The zero-order valence-electron chi connectivity index (χ0n) is 36.6. The Kier molecular flexibility index (Phi) is 43.8. The van der Waals surface area contributed by atoms with Gasteiger partial charge in [-0.3, -0.25) is 13.8 Å². The molecule has 3 N–H and O–H groups in total. The Morgan fingerprint density at radius 3 is 1.41 bits per heavy atom. The number of nitrogens with two attached hydrogens (primary N) is 1. The summed E-state index contributed by atoms with van der Waals surface area (Å²) < 4.78 is 33.5. The average Bonchev–Trinajstić information content (AvgIpc) is 3.19. The lowest BCUT2D eigenvalue weighted by atomic mass is 10.1. The van der Waals surface area contributed by atoms with Crippen molar-refractivity contribution in [3.8, 4) is 0 Å². The number of phosphoric acid groups is 1. The molecule has 0 rings (SSSR count). The number of esters is 1. The van der Waals surface area contributed by atoms with Gasteiger partial charge in [-0.15, -0.1) is 0 Å². The van der Waals surface area contributed by atoms with E-state index in [1.54, 1.807) is 0 Å². The fourth-order valence-electron chi connectivity index (χ4n) is 6.55. The van der Waals surface area contributed by atoms with E-state index in [0.717, 1.165) is 38.5 Å². The number of rotatable bonds is 45. The van der Waals surface area contributed by atoms with Gasteiger partial charge in [0.15, 0.2) is 0 Å². The lowest BCUT2D eigenvalue weighted by Crippen LogP contribution is -2.28. The van der Waals surface area contributed by atoms with Gasteiger partial charge in [-0.2, -0.15) is 0 Å². The normalized spacial score (nSPS) is 13.7. The van der Waals surface area contributed by atoms with Crippen molar-refractivity contribution < 1.29 is 32.8 Å². The summed E-state index contributed by atoms with van der Waals surface area (Å²) in [5, 5.41) is 0. The average molecular weight is 812 g/mol. The summed E-state index contributed by atoms with van der Waals surface area (Å²) in [4.78, 5) is 22.5. The van der Waals surface area contributed by atoms with Crippen LogP contribution in [0.15, 0.2) is 36.5 Å². The van der Waals surface area contributed by atoms with Crippen molar-refractivity contribution in [1.82, 2.24) is 0 Å². The largest absolute Gasteiger partial charge is 0.472 e. The van der Waals surface area contributed by atoms with Gasteiger partial charge in [0, 0.05) is 19.6 Å². The van der Waals surface area contributed by atoms with Gasteiger partial charge in [0.1, 0.15) is 6.10 Å². The summed E-state index contributed by atoms with van der Waals surface area (Å²) in [6.07, 6.45) is 51.6. The Morgan fingerprint density at radius 1 is 0.536 bits per heavy atom. The highest BCUT2D eigenvalue weighted by molar-refractivity contribution is 7.47. The van der Waals surface area contributed by atoms with Gasteiger partial charge in [-0.05, 0) is 70.6 Å². The molecule has 8 nitrogen and oxygen atoms in total. The van der Waals surface area contributed by atoms with Crippen molar-refractivity contribution in [2.45, 2.75) is 225 Å². The van der Waals surface area contributed by atoms with Crippen molar-refractivity contribution in [1.29, 1.82) is 0 Å². The topological polar surface area (TPSA) is 117 Å². The SMILES string of the molecule is CCCCCCC/C=C\C/C=C\CCCCCCCCCCCC(=O)OC(COCCCCCCCC/C=C\CCCCCCCC)COP(=O)(O)OCCN. The number of ether oxygens (including phenoxy) is 2. The van der Waals surface area contributed by atoms with E-state index in [2.05, 4.69) is 50.3 Å². The Morgan fingerprint density at radius 2 is 0.946 bits per heavy atom. The number of carbonyl (C=O) groups excluding carboxylic acids is 1. The van der Waals surface area contributed by atoms with Crippen molar-refractivity contribution in [3.63, 3.8) is 0 Å². The summed E-state index contributed by atoms with van der Waals surface area (Å²) in [5.74, 6) is -0.335. The monoisotopic (exact) mass is 812 g/mol. The van der Waals surface area contributed by atoms with Crippen LogP contribution in [0, 0.1) is 0 Å². The Balaban J connectivity index is 3.99. The molecule has 0 bridgehead atoms. The lowest BCUT2D eigenvalue weighted by molar-refractivity contribution is -0.154. The zero-order valence-corrected chi connectivity index (χ0v) is 37.5. The molecular formula is C47H90NO7P. The maximum Gasteiger partial charge on any atom is 0.472 e. The molecule has 0 aliphatic heterocycles. The van der Waals surface area contributed by atoms with Gasteiger partial charge in [0.25, 0.3) is 0 Å². The van der Waals surface area contributed by atoms with Crippen LogP contribution in [0.1, 0.15) is 219 Å². The minimum absolute atomic E-state index is 0.0973. The van der Waals surface area contributed by atoms with Crippen molar-refractivity contribution in [3.05, 3.63) is 36.5 Å². The van der Waals surface area contributed by atoms with Gasteiger partial charge in [-0.1, -0.05) is 179 Å². The highest BCUT2D eigenvalue weighted by Gasteiger charge is 2.25. The number of carbonyl (C=O) groups is 1. The molecule has 0 aromatic heterocycles. The molecule has 0 aromatic rings. The van der Waals surface area contributed by atoms with E-state index in [1.165, 1.54) is 161 Å². The standard InChI is InChI=1S/C47H90NO7P/c1-3-5-7-9-11-13-15-17-19-21-22-23-24-25-26-28-30-32-34-36-38-40-47(49)55-46(45-54-56(50,51)53-43-41-48)44-52-42-39-37-35-33-31-29-27-20-18-16-14-12-10-8-6-4-2/h15,17-18,20-22,46H,3-14,16,19,23-45,48H2,1-2H3,(H,50,51)/b17-15-,20-18-,22-21-. The molecule has 0 aliphatic carbocycles. The molecule has 2 unspecified atom stereocenters. The van der Waals surface area contributed by atoms with Crippen LogP contribution in [-0.4, -0.2) is 49.9 Å². The fourth-order valence-corrected chi connectivity index (χ4v) is 7.32. The second-order valence-electron chi connectivity index (χ2n) is 15.6. The van der Waals surface area contributed by atoms with E-state index in [0.29, 0.717) is 13.0 Å². The number of allylic oxidation sites excluding steroid dienone is 6. The van der Waals surface area contributed by atoms with Gasteiger partial charge >= 0.3 is 13.8 Å². The number of hydrogen-bond acceptors (Lipinski definition) is 7. The Bertz CT molecular complexity index is 957. The van der Waals surface area contributed by atoms with Crippen molar-refractivity contribution in [2.24, 2.45) is 5.73 Å². The van der Waals surface area contributed by atoms with Crippen LogP contribution in [0.25, 0.3) is 0 Å². The molecule has 0 heterocycles. The Hall–Kier alpha value is -1.28. The fraction of sp³-hybridized carbons (Fsp3) is 0.851. The van der Waals surface area contributed by atoms with E-state index < -0.39 is 13.9 Å². The first-order chi connectivity index (χ1) is 27.4. The second kappa shape index (κ2) is 44.8. The number of unbranched alkanes of at least 4 members (excludes halogenated alkanes) is 26. The van der Waals surface area contributed by atoms with Crippen LogP contribution < -0.4 is 5.73 Å². The quantitative estimate of drug-likeness (QED) is 0.0270. The molecule has 0 aliphatic rings. The van der Waals surface area contributed by atoms with Gasteiger partial charge in [-0.25, -0.2) is 4.57 Å². The summed E-state index contributed by atoms with van der Waals surface area (Å²) in [6, 6.07) is 0. The van der Waals surface area contributed by atoms with Crippen molar-refractivity contribution >= 4 is 13.8 Å². The van der Waals surface area contributed by atoms with Crippen LogP contribution in [0.2, 0.25) is 0 Å². The molecule has 0 spiro atoms. The maximum atomic E-state index is 12.6. The molecular weight excluding hydrogens is 721 g/mol. The van der Waals surface area contributed by atoms with E-state index in [4.69, 9.17) is 24.3 Å². The predicted molar refractivity (Wildman–Crippen MR) is 238 cm³/mol. The molecule has 0 radical (unpaired) electrons. The summed E-state index contributed by atoms with van der Waals surface area (Å²) >= 11 is 0. The first-order valence-corrected chi connectivity index (χ1v) is 25.0. The molecule has 0 fully saturated rings. The molecule has 0 aromatic carbocycles. The number of hydrogen-bond donors (Lipinski definition) is 2.